The number of piperidine rings is 1. The Hall–Kier alpha value is -2.29. The lowest BCUT2D eigenvalue weighted by atomic mass is 10.1. The molecule has 4 heterocycles. The molecule has 2 aromatic heterocycles. The highest BCUT2D eigenvalue weighted by Crippen LogP contribution is 2.36. The SMILES string of the molecule is CC(C)(O)Cn1cc(-c2nc(NC3CCN(S(=O)(=O)CCCN4CCC4)CC3)ncc2C(F)(F)F)cn1. The van der Waals surface area contributed by atoms with Crippen LogP contribution < -0.4 is 5.32 Å². The van der Waals surface area contributed by atoms with E-state index in [9.17, 15) is 26.7 Å². The third kappa shape index (κ3) is 7.39. The number of hydrogen-bond acceptors (Lipinski definition) is 8. The van der Waals surface area contributed by atoms with Crippen LogP contribution in [-0.2, 0) is 22.7 Å². The van der Waals surface area contributed by atoms with E-state index in [-0.39, 0.29) is 35.5 Å². The van der Waals surface area contributed by atoms with Crippen LogP contribution in [-0.4, -0.2) is 92.6 Å². The molecule has 0 amide bonds. The molecule has 0 aliphatic carbocycles. The predicted octanol–water partition coefficient (Wildman–Crippen LogP) is 2.43. The van der Waals surface area contributed by atoms with E-state index >= 15 is 0 Å². The molecule has 0 atom stereocenters. The van der Waals surface area contributed by atoms with Crippen molar-refractivity contribution in [3.05, 3.63) is 24.2 Å². The van der Waals surface area contributed by atoms with Crippen LogP contribution in [0.25, 0.3) is 11.3 Å². The van der Waals surface area contributed by atoms with E-state index < -0.39 is 27.4 Å². The molecule has 2 aliphatic rings. The Morgan fingerprint density at radius 2 is 1.84 bits per heavy atom. The van der Waals surface area contributed by atoms with E-state index in [1.54, 1.807) is 13.8 Å². The second kappa shape index (κ2) is 10.8. The van der Waals surface area contributed by atoms with Crippen LogP contribution in [0.5, 0.6) is 0 Å². The van der Waals surface area contributed by atoms with Crippen molar-refractivity contribution in [3.63, 3.8) is 0 Å². The van der Waals surface area contributed by atoms with Crippen molar-refractivity contribution in [3.8, 4) is 11.3 Å². The minimum atomic E-state index is -4.67. The summed E-state index contributed by atoms with van der Waals surface area (Å²) in [6, 6.07) is -0.171. The molecule has 2 N–H and O–H groups in total. The summed E-state index contributed by atoms with van der Waals surface area (Å²) in [6.45, 7) is 6.79. The van der Waals surface area contributed by atoms with Gasteiger partial charge in [-0.15, -0.1) is 0 Å². The molecule has 2 aromatic rings. The van der Waals surface area contributed by atoms with Gasteiger partial charge in [0.25, 0.3) is 0 Å². The fraction of sp³-hybridized carbons (Fsp3) is 0.696. The van der Waals surface area contributed by atoms with Crippen LogP contribution in [0.1, 0.15) is 45.1 Å². The van der Waals surface area contributed by atoms with Gasteiger partial charge in [0.15, 0.2) is 0 Å². The number of halogens is 3. The van der Waals surface area contributed by atoms with Crippen molar-refractivity contribution in [2.75, 3.05) is 43.8 Å². The normalized spacial score (nSPS) is 18.6. The van der Waals surface area contributed by atoms with Crippen molar-refractivity contribution in [2.24, 2.45) is 0 Å². The lowest BCUT2D eigenvalue weighted by molar-refractivity contribution is -0.137. The molecule has 0 saturated carbocycles. The van der Waals surface area contributed by atoms with Crippen molar-refractivity contribution in [1.29, 1.82) is 0 Å². The highest BCUT2D eigenvalue weighted by atomic mass is 32.2. The first-order valence-corrected chi connectivity index (χ1v) is 14.1. The number of nitrogens with one attached hydrogen (secondary N) is 1. The smallest absolute Gasteiger partial charge is 0.389 e. The van der Waals surface area contributed by atoms with Crippen LogP contribution >= 0.6 is 0 Å². The Kier molecular flexibility index (Phi) is 8.12. The maximum Gasteiger partial charge on any atom is 0.419 e. The molecule has 10 nitrogen and oxygen atoms in total. The number of anilines is 1. The predicted molar refractivity (Wildman–Crippen MR) is 132 cm³/mol. The Bertz CT molecular complexity index is 1170. The van der Waals surface area contributed by atoms with Crippen molar-refractivity contribution in [2.45, 2.75) is 63.9 Å². The van der Waals surface area contributed by atoms with E-state index in [1.807, 2.05) is 0 Å². The van der Waals surface area contributed by atoms with Gasteiger partial charge in [-0.25, -0.2) is 22.7 Å². The fourth-order valence-corrected chi connectivity index (χ4v) is 6.03. The Morgan fingerprint density at radius 3 is 2.43 bits per heavy atom. The Labute approximate surface area is 214 Å². The van der Waals surface area contributed by atoms with Gasteiger partial charge in [-0.3, -0.25) is 4.68 Å². The van der Waals surface area contributed by atoms with Crippen LogP contribution in [0.2, 0.25) is 0 Å². The molecule has 2 saturated heterocycles. The largest absolute Gasteiger partial charge is 0.419 e. The summed E-state index contributed by atoms with van der Waals surface area (Å²) >= 11 is 0. The molecule has 0 spiro atoms. The summed E-state index contributed by atoms with van der Waals surface area (Å²) in [4.78, 5) is 10.3. The van der Waals surface area contributed by atoms with Gasteiger partial charge in [0, 0.05) is 37.1 Å². The van der Waals surface area contributed by atoms with E-state index in [0.29, 0.717) is 32.4 Å². The van der Waals surface area contributed by atoms with E-state index in [1.165, 1.54) is 27.8 Å². The van der Waals surface area contributed by atoms with Crippen LogP contribution in [0.15, 0.2) is 18.6 Å². The minimum Gasteiger partial charge on any atom is -0.389 e. The number of nitrogens with zero attached hydrogens (tertiary/aromatic N) is 6. The molecule has 206 valence electrons. The highest BCUT2D eigenvalue weighted by molar-refractivity contribution is 7.89. The van der Waals surface area contributed by atoms with Gasteiger partial charge in [0.05, 0.1) is 29.8 Å². The summed E-state index contributed by atoms with van der Waals surface area (Å²) in [5.74, 6) is 0.155. The number of rotatable bonds is 10. The number of alkyl halides is 3. The van der Waals surface area contributed by atoms with E-state index in [4.69, 9.17) is 0 Å². The summed E-state index contributed by atoms with van der Waals surface area (Å²) in [7, 11) is -3.34. The molecule has 2 aliphatic heterocycles. The lowest BCUT2D eigenvalue weighted by Crippen LogP contribution is -2.44. The van der Waals surface area contributed by atoms with Gasteiger partial charge < -0.3 is 15.3 Å². The third-order valence-electron chi connectivity index (χ3n) is 6.56. The first kappa shape index (κ1) is 27.7. The molecule has 0 radical (unpaired) electrons. The molecule has 14 heteroatoms. The fourth-order valence-electron chi connectivity index (χ4n) is 4.51. The number of hydrogen-bond donors (Lipinski definition) is 2. The summed E-state index contributed by atoms with van der Waals surface area (Å²) in [6.07, 6.45) is 1.53. The topological polar surface area (TPSA) is 116 Å². The Balaban J connectivity index is 1.40. The van der Waals surface area contributed by atoms with E-state index in [2.05, 4.69) is 25.3 Å². The Morgan fingerprint density at radius 1 is 1.14 bits per heavy atom. The average Bonchev–Trinajstić information content (AvgIpc) is 3.22. The maximum atomic E-state index is 13.7. The zero-order chi connectivity index (χ0) is 26.8. The molecule has 0 aromatic carbocycles. The first-order valence-electron chi connectivity index (χ1n) is 12.5. The van der Waals surface area contributed by atoms with Crippen LogP contribution in [0.4, 0.5) is 19.1 Å². The number of likely N-dealkylation sites (tertiary alicyclic amines) is 1. The van der Waals surface area contributed by atoms with Crippen LogP contribution in [0.3, 0.4) is 0 Å². The van der Waals surface area contributed by atoms with Gasteiger partial charge in [0.2, 0.25) is 16.0 Å². The molecule has 2 fully saturated rings. The van der Waals surface area contributed by atoms with Crippen molar-refractivity contribution >= 4 is 16.0 Å². The lowest BCUT2D eigenvalue weighted by Gasteiger charge is -2.33. The van der Waals surface area contributed by atoms with Crippen LogP contribution in [0, 0.1) is 0 Å². The maximum absolute atomic E-state index is 13.7. The quantitative estimate of drug-likeness (QED) is 0.468. The molecular weight excluding hydrogens is 511 g/mol. The second-order valence-corrected chi connectivity index (χ2v) is 12.5. The van der Waals surface area contributed by atoms with Gasteiger partial charge in [0.1, 0.15) is 5.56 Å². The first-order chi connectivity index (χ1) is 17.3. The zero-order valence-electron chi connectivity index (χ0n) is 21.1. The summed E-state index contributed by atoms with van der Waals surface area (Å²) in [5.41, 5.74) is -2.24. The molecule has 4 rings (SSSR count). The van der Waals surface area contributed by atoms with Gasteiger partial charge in [-0.1, -0.05) is 0 Å². The van der Waals surface area contributed by atoms with Crippen molar-refractivity contribution in [1.82, 2.24) is 29.0 Å². The average molecular weight is 546 g/mol. The molecular formula is C23H34F3N7O3S. The molecule has 37 heavy (non-hydrogen) atoms. The zero-order valence-corrected chi connectivity index (χ0v) is 21.9. The molecule has 0 unspecified atom stereocenters. The molecule has 0 bridgehead atoms. The standard InChI is InChI=1S/C23H34F3N7O3S/c1-22(2,34)16-32-15-17(13-28-32)20-19(23(24,25)26)14-27-21(30-20)29-18-5-10-33(11-6-18)37(35,36)12-4-9-31-7-3-8-31/h13-15,18,34H,3-12,16H2,1-2H3,(H,27,29,30). The summed E-state index contributed by atoms with van der Waals surface area (Å²) < 4.78 is 69.3. The monoisotopic (exact) mass is 545 g/mol. The van der Waals surface area contributed by atoms with E-state index in [0.717, 1.165) is 25.8 Å². The third-order valence-corrected chi connectivity index (χ3v) is 8.51. The summed E-state index contributed by atoms with van der Waals surface area (Å²) in [5, 5.41) is 17.1. The second-order valence-electron chi connectivity index (χ2n) is 10.4. The van der Waals surface area contributed by atoms with Crippen molar-refractivity contribution < 1.29 is 26.7 Å². The minimum absolute atomic E-state index is 0.0362. The number of aliphatic hydroxyl groups is 1. The number of aromatic nitrogens is 4. The van der Waals surface area contributed by atoms with Gasteiger partial charge in [-0.2, -0.15) is 18.3 Å². The highest BCUT2D eigenvalue weighted by Gasteiger charge is 2.36. The number of sulfonamides is 1. The van der Waals surface area contributed by atoms with Gasteiger partial charge >= 0.3 is 6.18 Å². The van der Waals surface area contributed by atoms with Gasteiger partial charge in [-0.05, 0) is 59.2 Å².